The summed E-state index contributed by atoms with van der Waals surface area (Å²) in [6.45, 7) is 86.7. The molecule has 4 aromatic rings. The summed E-state index contributed by atoms with van der Waals surface area (Å²) < 4.78 is 11.4. The third kappa shape index (κ3) is 15.0. The van der Waals surface area contributed by atoms with E-state index in [9.17, 15) is 0 Å². The van der Waals surface area contributed by atoms with E-state index in [0.717, 1.165) is 0 Å². The van der Waals surface area contributed by atoms with Crippen LogP contribution in [0.5, 0.6) is 0 Å². The van der Waals surface area contributed by atoms with Crippen LogP contribution in [-0.2, 0) is 10.8 Å². The van der Waals surface area contributed by atoms with Crippen molar-refractivity contribution in [1.82, 2.24) is 0 Å². The van der Waals surface area contributed by atoms with Gasteiger partial charge in [0.1, 0.15) is 0 Å². The molecule has 0 saturated carbocycles. The van der Waals surface area contributed by atoms with Crippen LogP contribution in [-0.4, -0.2) is 101 Å². The van der Waals surface area contributed by atoms with E-state index in [0.29, 0.717) is 20.7 Å². The minimum atomic E-state index is -2.78. The Hall–Kier alpha value is -0.819. The van der Waals surface area contributed by atoms with E-state index < -0.39 is 92.4 Å². The molecular formula is C68H118Ge2Si8. The molecule has 0 N–H and O–H groups in total. The Balaban J connectivity index is 2.49. The van der Waals surface area contributed by atoms with Crippen LogP contribution in [0.3, 0.4) is 0 Å². The van der Waals surface area contributed by atoms with Gasteiger partial charge in [-0.15, -0.1) is 0 Å². The van der Waals surface area contributed by atoms with E-state index in [1.807, 2.05) is 48.6 Å². The average molecular weight is 1310 g/mol. The van der Waals surface area contributed by atoms with Crippen LogP contribution in [0.2, 0.25) is 157 Å². The van der Waals surface area contributed by atoms with Gasteiger partial charge in [0.05, 0.1) is 0 Å². The molecule has 0 radical (unpaired) electrons. The van der Waals surface area contributed by atoms with Crippen LogP contribution in [0, 0.1) is 0 Å². The van der Waals surface area contributed by atoms with Crippen molar-refractivity contribution in [1.29, 1.82) is 0 Å². The fraction of sp³-hybridized carbons (Fsp3) is 0.588. The first-order valence-electron chi connectivity index (χ1n) is 30.7. The van der Waals surface area contributed by atoms with Gasteiger partial charge in [0.25, 0.3) is 0 Å². The number of hydrogen-bond donors (Lipinski definition) is 0. The van der Waals surface area contributed by atoms with Crippen LogP contribution >= 0.6 is 0 Å². The minimum absolute atomic E-state index is 0.0371. The summed E-state index contributed by atoms with van der Waals surface area (Å²) in [4.78, 5) is 0. The van der Waals surface area contributed by atoms with Gasteiger partial charge >= 0.3 is 505 Å². The molecular weight excluding hydrogens is 1190 g/mol. The predicted octanol–water partition coefficient (Wildman–Crippen LogP) is 19.6. The first-order valence-corrected chi connectivity index (χ1v) is 65.6. The van der Waals surface area contributed by atoms with E-state index in [2.05, 4.69) is 297 Å². The van der Waals surface area contributed by atoms with Gasteiger partial charge in [-0.25, -0.2) is 0 Å². The second-order valence-electron chi connectivity index (χ2n) is 35.3. The molecule has 0 atom stereocenters. The van der Waals surface area contributed by atoms with Gasteiger partial charge in [0.15, 0.2) is 0 Å². The Kier molecular flexibility index (Phi) is 20.5. The van der Waals surface area contributed by atoms with Crippen molar-refractivity contribution in [2.24, 2.45) is 0 Å². The number of rotatable bonds is 18. The first kappa shape index (κ1) is 68.0. The van der Waals surface area contributed by atoms with Gasteiger partial charge in [0.2, 0.25) is 0 Å². The molecule has 1 aliphatic heterocycles. The number of allylic oxidation sites excluding steroid dienone is 2. The molecule has 0 spiro atoms. The third-order valence-electron chi connectivity index (χ3n) is 17.3. The third-order valence-corrected chi connectivity index (χ3v) is 70.3. The van der Waals surface area contributed by atoms with E-state index in [1.54, 1.807) is 11.1 Å². The van der Waals surface area contributed by atoms with Crippen molar-refractivity contribution >= 4 is 110 Å². The van der Waals surface area contributed by atoms with Crippen LogP contribution < -0.4 is 8.79 Å². The van der Waals surface area contributed by atoms with Gasteiger partial charge in [-0.3, -0.25) is 0 Å². The normalized spacial score (nSPS) is 15.6. The van der Waals surface area contributed by atoms with Crippen LogP contribution in [0.25, 0.3) is 0 Å². The SMILES string of the molecule is CCC[C]1=[C](C)[Ge]([c]2c(C([Si](C)(C)C)[Si](C)(C)C)cc(C(C)(C)C)cc2C([Si](C)(C)C)[Si](C)(C)C)=[C](c2ccccc2)[C](c2ccccc2)=[Ge]1[c]1c(C([Si](C)(C)C)[Si](C)(C)C)cc(C(C)(C)C)cc1C([Si](C)(C)C)[Si](C)(C)C. The van der Waals surface area contributed by atoms with Crippen molar-refractivity contribution in [2.75, 3.05) is 0 Å². The van der Waals surface area contributed by atoms with Gasteiger partial charge in [-0.1, -0.05) is 0 Å². The summed E-state index contributed by atoms with van der Waals surface area (Å²) in [6.07, 6.45) is 2.41. The van der Waals surface area contributed by atoms with Crippen LogP contribution in [0.15, 0.2) is 93.7 Å². The molecule has 1 aliphatic rings. The van der Waals surface area contributed by atoms with Crippen LogP contribution in [0.4, 0.5) is 0 Å². The second kappa shape index (κ2) is 23.6. The Bertz CT molecular complexity index is 2730. The maximum atomic E-state index is 2.92. The van der Waals surface area contributed by atoms with Crippen molar-refractivity contribution in [3.63, 3.8) is 0 Å². The topological polar surface area (TPSA) is 0 Å². The predicted molar refractivity (Wildman–Crippen MR) is 388 cm³/mol. The molecule has 0 nitrogen and oxygen atoms in total. The summed E-state index contributed by atoms with van der Waals surface area (Å²) in [6, 6.07) is 36.4. The molecule has 0 saturated heterocycles. The second-order valence-corrected chi connectivity index (χ2v) is 90.3. The average Bonchev–Trinajstić information content (AvgIpc) is 3.20. The van der Waals surface area contributed by atoms with Crippen molar-refractivity contribution in [2.45, 2.75) is 257 Å². The molecule has 0 fully saturated rings. The quantitative estimate of drug-likeness (QED) is 0.0871. The molecule has 1 heterocycles. The summed E-state index contributed by atoms with van der Waals surface area (Å²) in [5, 5.41) is 2.53. The van der Waals surface area contributed by atoms with Crippen molar-refractivity contribution in [3.05, 3.63) is 138 Å². The van der Waals surface area contributed by atoms with E-state index >= 15 is 0 Å². The van der Waals surface area contributed by atoms with Gasteiger partial charge in [0, 0.05) is 0 Å². The molecule has 0 amide bonds. The molecule has 4 aromatic carbocycles. The Morgan fingerprint density at radius 3 is 0.808 bits per heavy atom. The zero-order valence-electron chi connectivity index (χ0n) is 56.8. The van der Waals surface area contributed by atoms with Gasteiger partial charge < -0.3 is 0 Å². The Morgan fingerprint density at radius 1 is 0.359 bits per heavy atom. The molecule has 430 valence electrons. The summed E-state index contributed by atoms with van der Waals surface area (Å²) >= 11 is -5.54. The monoisotopic (exact) mass is 1310 g/mol. The molecule has 10 heteroatoms. The molecule has 0 aliphatic carbocycles. The van der Waals surface area contributed by atoms with Crippen molar-refractivity contribution < 1.29 is 0 Å². The molecule has 5 rings (SSSR count). The molecule has 0 aromatic heterocycles. The van der Waals surface area contributed by atoms with Crippen molar-refractivity contribution in [3.8, 4) is 0 Å². The zero-order valence-corrected chi connectivity index (χ0v) is 69.0. The Labute approximate surface area is 500 Å². The van der Waals surface area contributed by atoms with Gasteiger partial charge in [-0.05, 0) is 0 Å². The Morgan fingerprint density at radius 2 is 0.590 bits per heavy atom. The fourth-order valence-corrected chi connectivity index (χ4v) is 89.7. The summed E-state index contributed by atoms with van der Waals surface area (Å²) in [5.74, 6) is 0. The van der Waals surface area contributed by atoms with E-state index in [4.69, 9.17) is 0 Å². The first-order chi connectivity index (χ1) is 35.0. The standard InChI is InChI=1S/C68H118Ge2Si8/c1-33-40-58-49(2)69(61-54(63(71(9,10)11)72(12,13)14)45-52(67(3,4)5)46-55(61)64(73(15,16)17)74(18,19)20)59(50-41-36-34-37-42-50)60(51-43-38-35-39-44-51)70(58)62-56(65(75(21,22)23)76(24,25)26)47-53(68(6,7)8)48-57(62)66(77(27,28)29)78(30,31)32/h34-39,41-48,63-66H,33,40H2,1-32H3. The molecule has 78 heavy (non-hydrogen) atoms. The summed E-state index contributed by atoms with van der Waals surface area (Å²) in [5.41, 5.74) is 13.7. The maximum absolute atomic E-state index is 2.92. The number of hydrogen-bond acceptors (Lipinski definition) is 0. The van der Waals surface area contributed by atoms with Crippen LogP contribution in [0.1, 0.15) is 133 Å². The number of benzene rings is 4. The molecule has 0 unspecified atom stereocenters. The fourth-order valence-electron chi connectivity index (χ4n) is 16.5. The van der Waals surface area contributed by atoms with Gasteiger partial charge in [-0.2, -0.15) is 0 Å². The zero-order chi connectivity index (χ0) is 59.9. The molecule has 0 bridgehead atoms. The summed E-state index contributed by atoms with van der Waals surface area (Å²) in [7, 11) is -14.6. The van der Waals surface area contributed by atoms with E-state index in [-0.39, 0.29) is 10.8 Å². The van der Waals surface area contributed by atoms with E-state index in [1.165, 1.54) is 24.0 Å².